The minimum Gasteiger partial charge on any atom is -0.394 e. The Labute approximate surface area is 399 Å². The summed E-state index contributed by atoms with van der Waals surface area (Å²) in [6.45, 7) is 3.71. The molecule has 6 N–H and O–H groups in total. The van der Waals surface area contributed by atoms with Crippen LogP contribution < -0.4 is 5.32 Å². The molecule has 0 bridgehead atoms. The predicted molar refractivity (Wildman–Crippen MR) is 272 cm³/mol. The lowest BCUT2D eigenvalue weighted by atomic mass is 9.99. The third kappa shape index (κ3) is 35.9. The van der Waals surface area contributed by atoms with E-state index >= 15 is 0 Å². The van der Waals surface area contributed by atoms with Crippen LogP contribution in [-0.2, 0) is 14.3 Å². The number of nitrogens with one attached hydrogen (secondary N) is 1. The molecule has 0 aromatic rings. The number of rotatable bonds is 46. The van der Waals surface area contributed by atoms with E-state index in [1.165, 1.54) is 173 Å². The molecule has 0 spiro atoms. The maximum absolute atomic E-state index is 13.0. The molecule has 380 valence electrons. The van der Waals surface area contributed by atoms with Gasteiger partial charge in [-0.2, -0.15) is 0 Å². The van der Waals surface area contributed by atoms with Crippen molar-refractivity contribution in [3.8, 4) is 0 Å². The third-order valence-electron chi connectivity index (χ3n) is 12.9. The van der Waals surface area contributed by atoms with Crippen molar-refractivity contribution in [2.75, 3.05) is 13.2 Å². The van der Waals surface area contributed by atoms with Crippen molar-refractivity contribution in [3.05, 3.63) is 48.6 Å². The van der Waals surface area contributed by atoms with Crippen LogP contribution >= 0.6 is 0 Å². The van der Waals surface area contributed by atoms with Crippen molar-refractivity contribution in [2.24, 2.45) is 0 Å². The first-order chi connectivity index (χ1) is 31.8. The molecule has 1 amide bonds. The van der Waals surface area contributed by atoms with Crippen LogP contribution in [0.2, 0.25) is 0 Å². The lowest BCUT2D eigenvalue weighted by molar-refractivity contribution is -0.302. The van der Waals surface area contributed by atoms with Crippen molar-refractivity contribution >= 4 is 5.91 Å². The number of amides is 1. The molecule has 1 heterocycles. The van der Waals surface area contributed by atoms with Crippen molar-refractivity contribution in [1.29, 1.82) is 0 Å². The largest absolute Gasteiger partial charge is 0.394 e. The molecular formula is C56H103NO8. The molecule has 0 aromatic heterocycles. The van der Waals surface area contributed by atoms with Gasteiger partial charge in [0.1, 0.15) is 24.4 Å². The average Bonchev–Trinajstić information content (AvgIpc) is 3.31. The second kappa shape index (κ2) is 45.9. The number of allylic oxidation sites excluding steroid dienone is 7. The summed E-state index contributed by atoms with van der Waals surface area (Å²) in [5.41, 5.74) is 0. The SMILES string of the molecule is CCCC/C=C/CC/C=C/CC/C=C/C(O)C(COC1OC(CO)C(O)C(O)C1O)NC(=O)CCCCCCCCCCCCCCCC/C=C\CCCCCCCCCCCCCC. The van der Waals surface area contributed by atoms with E-state index in [-0.39, 0.29) is 12.5 Å². The molecule has 1 saturated heterocycles. The molecule has 9 nitrogen and oxygen atoms in total. The second-order valence-electron chi connectivity index (χ2n) is 19.0. The topological polar surface area (TPSA) is 149 Å². The molecule has 1 fully saturated rings. The predicted octanol–water partition coefficient (Wildman–Crippen LogP) is 13.0. The van der Waals surface area contributed by atoms with E-state index in [0.29, 0.717) is 6.42 Å². The number of aliphatic hydroxyl groups is 5. The Morgan fingerprint density at radius 1 is 0.508 bits per heavy atom. The van der Waals surface area contributed by atoms with Gasteiger partial charge in [0.15, 0.2) is 6.29 Å². The molecule has 0 aliphatic carbocycles. The number of hydrogen-bond acceptors (Lipinski definition) is 8. The molecular weight excluding hydrogens is 815 g/mol. The molecule has 65 heavy (non-hydrogen) atoms. The highest BCUT2D eigenvalue weighted by Gasteiger charge is 2.44. The highest BCUT2D eigenvalue weighted by molar-refractivity contribution is 5.76. The average molecular weight is 918 g/mol. The van der Waals surface area contributed by atoms with Gasteiger partial charge in [-0.15, -0.1) is 0 Å². The van der Waals surface area contributed by atoms with Gasteiger partial charge in [-0.3, -0.25) is 4.79 Å². The Hall–Kier alpha value is -1.85. The van der Waals surface area contributed by atoms with Crippen LogP contribution in [0, 0.1) is 0 Å². The molecule has 0 radical (unpaired) electrons. The van der Waals surface area contributed by atoms with Crippen LogP contribution in [-0.4, -0.2) is 87.5 Å². The first kappa shape index (κ1) is 61.2. The maximum Gasteiger partial charge on any atom is 0.220 e. The number of hydrogen-bond donors (Lipinski definition) is 6. The van der Waals surface area contributed by atoms with Crippen LogP contribution in [0.15, 0.2) is 48.6 Å². The summed E-state index contributed by atoms with van der Waals surface area (Å²) in [7, 11) is 0. The highest BCUT2D eigenvalue weighted by Crippen LogP contribution is 2.23. The van der Waals surface area contributed by atoms with E-state index in [1.807, 2.05) is 6.08 Å². The smallest absolute Gasteiger partial charge is 0.220 e. The van der Waals surface area contributed by atoms with E-state index in [9.17, 15) is 30.3 Å². The monoisotopic (exact) mass is 918 g/mol. The Morgan fingerprint density at radius 3 is 1.34 bits per heavy atom. The number of unbranched alkanes of at least 4 members (excludes halogenated alkanes) is 30. The van der Waals surface area contributed by atoms with E-state index in [0.717, 1.165) is 51.4 Å². The zero-order valence-electron chi connectivity index (χ0n) is 42.0. The van der Waals surface area contributed by atoms with Gasteiger partial charge in [0, 0.05) is 6.42 Å². The van der Waals surface area contributed by atoms with Crippen molar-refractivity contribution in [2.45, 2.75) is 288 Å². The van der Waals surface area contributed by atoms with Gasteiger partial charge in [-0.25, -0.2) is 0 Å². The zero-order chi connectivity index (χ0) is 47.3. The van der Waals surface area contributed by atoms with E-state index in [4.69, 9.17) is 9.47 Å². The van der Waals surface area contributed by atoms with Crippen LogP contribution in [0.3, 0.4) is 0 Å². The van der Waals surface area contributed by atoms with E-state index < -0.39 is 49.5 Å². The standard InChI is InChI=1S/C56H103NO8/c1-3-5-7-9-11-13-15-17-18-19-20-21-22-23-24-25-26-27-28-29-30-31-32-33-34-36-38-40-42-44-46-52(60)57-49(48-64-56-55(63)54(62)53(61)51(47-58)65-56)50(59)45-43-41-39-37-35-16-14-12-10-8-6-4-2/h10,12,23-24,35,37,43,45,49-51,53-56,58-59,61-63H,3-9,11,13-22,25-34,36,38-42,44,46-48H2,1-2H3,(H,57,60)/b12-10+,24-23-,37-35+,45-43+. The second-order valence-corrected chi connectivity index (χ2v) is 19.0. The van der Waals surface area contributed by atoms with Gasteiger partial charge in [-0.1, -0.05) is 223 Å². The Kier molecular flexibility index (Phi) is 43.2. The van der Waals surface area contributed by atoms with Crippen molar-refractivity contribution in [3.63, 3.8) is 0 Å². The van der Waals surface area contributed by atoms with Gasteiger partial charge in [-0.05, 0) is 64.2 Å². The molecule has 1 aliphatic heterocycles. The summed E-state index contributed by atoms with van der Waals surface area (Å²) in [4.78, 5) is 13.0. The quantitative estimate of drug-likeness (QED) is 0.0261. The molecule has 0 saturated carbocycles. The van der Waals surface area contributed by atoms with Gasteiger partial charge in [0.25, 0.3) is 0 Å². The summed E-state index contributed by atoms with van der Waals surface area (Å²) < 4.78 is 11.2. The highest BCUT2D eigenvalue weighted by atomic mass is 16.7. The number of ether oxygens (including phenoxy) is 2. The molecule has 7 atom stereocenters. The van der Waals surface area contributed by atoms with Gasteiger partial charge < -0.3 is 40.3 Å². The summed E-state index contributed by atoms with van der Waals surface area (Å²) in [6.07, 6.45) is 53.4. The third-order valence-corrected chi connectivity index (χ3v) is 12.9. The van der Waals surface area contributed by atoms with Crippen LogP contribution in [0.25, 0.3) is 0 Å². The normalized spacial score (nSPS) is 20.3. The molecule has 1 aliphatic rings. The van der Waals surface area contributed by atoms with E-state index in [1.54, 1.807) is 6.08 Å². The lowest BCUT2D eigenvalue weighted by Crippen LogP contribution is -2.60. The fraction of sp³-hybridized carbons (Fsp3) is 0.839. The van der Waals surface area contributed by atoms with Crippen LogP contribution in [0.4, 0.5) is 0 Å². The first-order valence-electron chi connectivity index (χ1n) is 27.4. The molecule has 9 heteroatoms. The number of carbonyl (C=O) groups is 1. The van der Waals surface area contributed by atoms with Crippen molar-refractivity contribution < 1.29 is 39.8 Å². The summed E-state index contributed by atoms with van der Waals surface area (Å²) in [5.74, 6) is -0.191. The molecule has 0 aromatic carbocycles. The van der Waals surface area contributed by atoms with Gasteiger partial charge in [0.05, 0.1) is 25.4 Å². The number of aliphatic hydroxyl groups excluding tert-OH is 5. The van der Waals surface area contributed by atoms with Crippen LogP contribution in [0.1, 0.15) is 245 Å². The van der Waals surface area contributed by atoms with E-state index in [2.05, 4.69) is 55.6 Å². The van der Waals surface area contributed by atoms with Crippen LogP contribution in [0.5, 0.6) is 0 Å². The Balaban J connectivity index is 2.16. The maximum atomic E-state index is 13.0. The fourth-order valence-corrected chi connectivity index (χ4v) is 8.46. The summed E-state index contributed by atoms with van der Waals surface area (Å²) in [6, 6.07) is -0.827. The summed E-state index contributed by atoms with van der Waals surface area (Å²) >= 11 is 0. The fourth-order valence-electron chi connectivity index (χ4n) is 8.46. The first-order valence-corrected chi connectivity index (χ1v) is 27.4. The lowest BCUT2D eigenvalue weighted by Gasteiger charge is -2.40. The Bertz CT molecular complexity index is 1160. The molecule has 7 unspecified atom stereocenters. The van der Waals surface area contributed by atoms with Crippen molar-refractivity contribution in [1.82, 2.24) is 5.32 Å². The minimum absolute atomic E-state index is 0.191. The summed E-state index contributed by atoms with van der Waals surface area (Å²) in [5, 5.41) is 54.2. The molecule has 1 rings (SSSR count). The van der Waals surface area contributed by atoms with Gasteiger partial charge in [0.2, 0.25) is 5.91 Å². The number of carbonyl (C=O) groups excluding carboxylic acids is 1. The Morgan fingerprint density at radius 2 is 0.892 bits per heavy atom. The minimum atomic E-state index is -1.57. The van der Waals surface area contributed by atoms with Gasteiger partial charge >= 0.3 is 0 Å². The zero-order valence-corrected chi connectivity index (χ0v) is 42.0.